The number of unbranched alkanes of at least 4 members (excludes halogenated alkanes) is 27. The Hall–Kier alpha value is -2.03. The number of esters is 2. The summed E-state index contributed by atoms with van der Waals surface area (Å²) in [7, 11) is 1.17. The molecule has 0 aromatic heterocycles. The van der Waals surface area contributed by atoms with Gasteiger partial charge in [0, 0.05) is 12.8 Å². The number of phosphoric acid groups is 1. The number of allylic oxidation sites excluding steroid dienone is 8. The average Bonchev–Trinajstić information content (AvgIpc) is 3.26. The van der Waals surface area contributed by atoms with Crippen molar-refractivity contribution in [3.8, 4) is 0 Å². The molecule has 0 aliphatic rings. The summed E-state index contributed by atoms with van der Waals surface area (Å²) in [5, 5.41) is 0. The number of phosphoric ester groups is 1. The molecule has 0 aromatic rings. The van der Waals surface area contributed by atoms with Crippen molar-refractivity contribution in [3.05, 3.63) is 48.6 Å². The number of carbonyl (C=O) groups is 2. The molecule has 2 atom stereocenters. The molecule has 0 saturated carbocycles. The summed E-state index contributed by atoms with van der Waals surface area (Å²) in [5.74, 6) is -0.835. The Morgan fingerprint density at radius 3 is 1.31 bits per heavy atom. The van der Waals surface area contributed by atoms with Gasteiger partial charge in [-0.15, -0.1) is 0 Å². The number of quaternary nitrogens is 1. The van der Waals surface area contributed by atoms with Crippen LogP contribution < -0.4 is 4.89 Å². The fraction of sp³-hybridized carbons (Fsp3) is 0.818. The highest BCUT2D eigenvalue weighted by Gasteiger charge is 2.21. The van der Waals surface area contributed by atoms with E-state index < -0.39 is 26.5 Å². The largest absolute Gasteiger partial charge is 0.756 e. The van der Waals surface area contributed by atoms with Gasteiger partial charge in [-0.2, -0.15) is 0 Å². The molecule has 10 heteroatoms. The highest BCUT2D eigenvalue weighted by atomic mass is 31.2. The third-order valence-corrected chi connectivity index (χ3v) is 12.6. The number of likely N-dealkylation sites (N-methyl/N-ethyl adjacent to an activating group) is 1. The van der Waals surface area contributed by atoms with Crippen molar-refractivity contribution in [2.24, 2.45) is 0 Å². The molecule has 0 saturated heterocycles. The number of hydrogen-bond donors (Lipinski definition) is 0. The molecule has 0 aliphatic carbocycles. The first kappa shape index (κ1) is 63.0. The van der Waals surface area contributed by atoms with Gasteiger partial charge in [0.25, 0.3) is 7.82 Å². The lowest BCUT2D eigenvalue weighted by Crippen LogP contribution is -2.37. The van der Waals surface area contributed by atoms with Crippen LogP contribution in [0.3, 0.4) is 0 Å². The van der Waals surface area contributed by atoms with Crippen LogP contribution in [0.4, 0.5) is 0 Å². The monoisotopic (exact) mass is 936 g/mol. The van der Waals surface area contributed by atoms with Crippen LogP contribution >= 0.6 is 7.82 Å². The van der Waals surface area contributed by atoms with E-state index in [0.717, 1.165) is 64.2 Å². The van der Waals surface area contributed by atoms with Crippen LogP contribution in [0.5, 0.6) is 0 Å². The molecular weight excluding hydrogens is 834 g/mol. The summed E-state index contributed by atoms with van der Waals surface area (Å²) in [6.45, 7) is 4.06. The number of rotatable bonds is 49. The maximum atomic E-state index is 12.7. The highest BCUT2D eigenvalue weighted by Crippen LogP contribution is 2.38. The summed E-state index contributed by atoms with van der Waals surface area (Å²) in [4.78, 5) is 37.4. The van der Waals surface area contributed by atoms with Gasteiger partial charge in [-0.05, 0) is 51.4 Å². The van der Waals surface area contributed by atoms with Gasteiger partial charge in [0.05, 0.1) is 27.7 Å². The Balaban J connectivity index is 3.83. The van der Waals surface area contributed by atoms with E-state index in [2.05, 4.69) is 62.5 Å². The number of ether oxygens (including phenoxy) is 2. The van der Waals surface area contributed by atoms with Crippen LogP contribution in [-0.4, -0.2) is 70.0 Å². The fourth-order valence-corrected chi connectivity index (χ4v) is 8.20. The van der Waals surface area contributed by atoms with Crippen LogP contribution in [0, 0.1) is 0 Å². The first-order valence-electron chi connectivity index (χ1n) is 26.8. The molecule has 0 heterocycles. The van der Waals surface area contributed by atoms with Gasteiger partial charge in [-0.25, -0.2) is 0 Å². The molecule has 0 bridgehead atoms. The van der Waals surface area contributed by atoms with E-state index in [1.807, 2.05) is 21.1 Å². The second-order valence-corrected chi connectivity index (χ2v) is 20.6. The molecule has 0 rings (SSSR count). The van der Waals surface area contributed by atoms with E-state index in [1.165, 1.54) is 141 Å². The van der Waals surface area contributed by atoms with Crippen LogP contribution in [-0.2, 0) is 32.7 Å². The summed E-state index contributed by atoms with van der Waals surface area (Å²) in [5.41, 5.74) is 0. The minimum Gasteiger partial charge on any atom is -0.756 e. The minimum absolute atomic E-state index is 0.0289. The minimum atomic E-state index is -4.62. The van der Waals surface area contributed by atoms with Crippen LogP contribution in [0.25, 0.3) is 0 Å². The molecule has 0 aliphatic heterocycles. The Morgan fingerprint density at radius 2 is 0.877 bits per heavy atom. The number of carbonyl (C=O) groups excluding carboxylic acids is 2. The third-order valence-electron chi connectivity index (χ3n) is 11.6. The molecule has 380 valence electrons. The molecule has 2 unspecified atom stereocenters. The normalized spacial score (nSPS) is 13.8. The van der Waals surface area contributed by atoms with Crippen molar-refractivity contribution >= 4 is 19.8 Å². The predicted octanol–water partition coefficient (Wildman–Crippen LogP) is 15.6. The van der Waals surface area contributed by atoms with Crippen molar-refractivity contribution in [2.45, 2.75) is 245 Å². The lowest BCUT2D eigenvalue weighted by atomic mass is 10.0. The first-order valence-corrected chi connectivity index (χ1v) is 28.3. The van der Waals surface area contributed by atoms with E-state index in [-0.39, 0.29) is 32.0 Å². The fourth-order valence-electron chi connectivity index (χ4n) is 7.47. The molecule has 0 aromatic carbocycles. The van der Waals surface area contributed by atoms with Crippen LogP contribution in [0.15, 0.2) is 48.6 Å². The van der Waals surface area contributed by atoms with Crippen molar-refractivity contribution < 1.29 is 42.1 Å². The Bertz CT molecular complexity index is 1240. The Labute approximate surface area is 401 Å². The van der Waals surface area contributed by atoms with Gasteiger partial charge in [0.2, 0.25) is 0 Å². The predicted molar refractivity (Wildman–Crippen MR) is 273 cm³/mol. The maximum Gasteiger partial charge on any atom is 0.306 e. The average molecular weight is 936 g/mol. The second-order valence-electron chi connectivity index (χ2n) is 19.2. The molecule has 65 heavy (non-hydrogen) atoms. The summed E-state index contributed by atoms with van der Waals surface area (Å²) >= 11 is 0. The topological polar surface area (TPSA) is 111 Å². The Kier molecular flexibility index (Phi) is 45.6. The second kappa shape index (κ2) is 47.1. The summed E-state index contributed by atoms with van der Waals surface area (Å²) in [6, 6.07) is 0. The molecule has 0 spiro atoms. The van der Waals surface area contributed by atoms with Crippen molar-refractivity contribution in [1.82, 2.24) is 0 Å². The van der Waals surface area contributed by atoms with Gasteiger partial charge >= 0.3 is 11.9 Å². The number of nitrogens with zero attached hydrogens (tertiary/aromatic N) is 1. The number of hydrogen-bond acceptors (Lipinski definition) is 8. The standard InChI is InChI=1S/C55H102NO8P/c1-6-8-10-12-14-15-16-17-18-19-20-21-22-23-24-25-26-27-28-29-30-31-32-33-34-35-36-37-38-39-40-41-42-44-46-48-55(58)64-53(51-61-54(57)47-45-43-13-11-9-7-2)52-63-65(59,60)62-50-49-56(3,4)5/h8,10,14-15,17-18,20-21,53H,6-7,9,11-13,16,19,22-52H2,1-5H3/b10-8-,15-14-,18-17-,21-20-. The molecular formula is C55H102NO8P. The third kappa shape index (κ3) is 51.2. The quantitative estimate of drug-likeness (QED) is 0.0195. The zero-order chi connectivity index (χ0) is 47.8. The molecule has 9 nitrogen and oxygen atoms in total. The summed E-state index contributed by atoms with van der Waals surface area (Å²) < 4.78 is 33.8. The van der Waals surface area contributed by atoms with E-state index in [9.17, 15) is 19.0 Å². The Morgan fingerprint density at radius 1 is 0.492 bits per heavy atom. The van der Waals surface area contributed by atoms with Crippen molar-refractivity contribution in [1.29, 1.82) is 0 Å². The lowest BCUT2D eigenvalue weighted by Gasteiger charge is -2.28. The first-order chi connectivity index (χ1) is 31.5. The molecule has 0 N–H and O–H groups in total. The molecule has 0 fully saturated rings. The van der Waals surface area contributed by atoms with E-state index in [1.54, 1.807) is 0 Å². The van der Waals surface area contributed by atoms with E-state index in [4.69, 9.17) is 18.5 Å². The van der Waals surface area contributed by atoms with Crippen molar-refractivity contribution in [3.63, 3.8) is 0 Å². The van der Waals surface area contributed by atoms with E-state index >= 15 is 0 Å². The zero-order valence-corrected chi connectivity index (χ0v) is 43.8. The molecule has 0 amide bonds. The van der Waals surface area contributed by atoms with Gasteiger partial charge < -0.3 is 27.9 Å². The van der Waals surface area contributed by atoms with Gasteiger partial charge in [-0.1, -0.05) is 223 Å². The van der Waals surface area contributed by atoms with E-state index in [0.29, 0.717) is 17.4 Å². The maximum absolute atomic E-state index is 12.7. The smallest absolute Gasteiger partial charge is 0.306 e. The highest BCUT2D eigenvalue weighted by molar-refractivity contribution is 7.45. The lowest BCUT2D eigenvalue weighted by molar-refractivity contribution is -0.870. The van der Waals surface area contributed by atoms with Gasteiger partial charge in [0.1, 0.15) is 19.8 Å². The van der Waals surface area contributed by atoms with Gasteiger partial charge in [-0.3, -0.25) is 14.2 Å². The van der Waals surface area contributed by atoms with Gasteiger partial charge in [0.15, 0.2) is 6.10 Å². The molecule has 0 radical (unpaired) electrons. The SMILES string of the molecule is CC/C=C\C/C=C\C/C=C\C/C=C\CCCCCCCCCCCCCCCCCCCCCCCCC(=O)OC(COC(=O)CCCCCCCC)COP(=O)([O-])OCC[N+](C)(C)C. The van der Waals surface area contributed by atoms with Crippen LogP contribution in [0.1, 0.15) is 239 Å². The van der Waals surface area contributed by atoms with Crippen molar-refractivity contribution in [2.75, 3.05) is 47.5 Å². The zero-order valence-electron chi connectivity index (χ0n) is 42.9. The van der Waals surface area contributed by atoms with Crippen LogP contribution in [0.2, 0.25) is 0 Å². The summed E-state index contributed by atoms with van der Waals surface area (Å²) in [6.07, 6.45) is 57.9.